The van der Waals surface area contributed by atoms with E-state index in [0.29, 0.717) is 5.02 Å². The summed E-state index contributed by atoms with van der Waals surface area (Å²) in [7, 11) is 0. The van der Waals surface area contributed by atoms with Gasteiger partial charge >= 0.3 is 0 Å². The topological polar surface area (TPSA) is 39.9 Å². The maximum atomic E-state index is 6.05. The summed E-state index contributed by atoms with van der Waals surface area (Å²) in [6.45, 7) is 0.808. The molecule has 0 aromatic carbocycles. The van der Waals surface area contributed by atoms with E-state index in [0.717, 1.165) is 30.5 Å². The Kier molecular flexibility index (Phi) is 2.53. The molecule has 16 heavy (non-hydrogen) atoms. The third-order valence-electron chi connectivity index (χ3n) is 2.82. The van der Waals surface area contributed by atoms with Crippen LogP contribution >= 0.6 is 11.6 Å². The summed E-state index contributed by atoms with van der Waals surface area (Å²) in [6, 6.07) is 1.75. The van der Waals surface area contributed by atoms with Crippen LogP contribution in [0.2, 0.25) is 5.02 Å². The second-order valence-electron chi connectivity index (χ2n) is 3.96. The third kappa shape index (κ3) is 1.68. The zero-order valence-electron chi connectivity index (χ0n) is 8.77. The molecule has 0 amide bonds. The highest BCUT2D eigenvalue weighted by Crippen LogP contribution is 2.25. The summed E-state index contributed by atoms with van der Waals surface area (Å²) in [5.41, 5.74) is 1.57. The van der Waals surface area contributed by atoms with Crippen molar-refractivity contribution in [3.8, 4) is 0 Å². The fourth-order valence-electron chi connectivity index (χ4n) is 1.99. The van der Waals surface area contributed by atoms with Gasteiger partial charge in [-0.3, -0.25) is 4.98 Å². The lowest BCUT2D eigenvalue weighted by molar-refractivity contribution is -0.0390. The van der Waals surface area contributed by atoms with E-state index in [9.17, 15) is 0 Å². The van der Waals surface area contributed by atoms with Crippen LogP contribution in [0.5, 0.6) is 0 Å². The summed E-state index contributed by atoms with van der Waals surface area (Å²) < 4.78 is 7.50. The second kappa shape index (κ2) is 4.03. The monoisotopic (exact) mass is 237 g/mol. The van der Waals surface area contributed by atoms with Crippen LogP contribution < -0.4 is 0 Å². The van der Waals surface area contributed by atoms with Crippen molar-refractivity contribution in [1.29, 1.82) is 0 Å². The largest absolute Gasteiger partial charge is 0.357 e. The van der Waals surface area contributed by atoms with Gasteiger partial charge in [0.25, 0.3) is 0 Å². The smallest absolute Gasteiger partial charge is 0.150 e. The van der Waals surface area contributed by atoms with Crippen molar-refractivity contribution in [1.82, 2.24) is 14.8 Å². The zero-order valence-corrected chi connectivity index (χ0v) is 9.52. The predicted molar refractivity (Wildman–Crippen MR) is 61.4 cm³/mol. The number of fused-ring (bicyclic) bond motifs is 1. The van der Waals surface area contributed by atoms with Crippen molar-refractivity contribution in [2.75, 3.05) is 6.61 Å². The molecular weight excluding hydrogens is 226 g/mol. The molecule has 3 heterocycles. The Labute approximate surface area is 98.2 Å². The molecule has 1 saturated heterocycles. The fourth-order valence-corrected chi connectivity index (χ4v) is 2.18. The number of aromatic nitrogens is 3. The molecule has 2 aromatic heterocycles. The molecule has 1 aliphatic rings. The zero-order chi connectivity index (χ0) is 11.0. The van der Waals surface area contributed by atoms with E-state index in [-0.39, 0.29) is 6.23 Å². The van der Waals surface area contributed by atoms with Crippen molar-refractivity contribution < 1.29 is 4.74 Å². The van der Waals surface area contributed by atoms with Crippen LogP contribution in [0.3, 0.4) is 0 Å². The fraction of sp³-hybridized carbons (Fsp3) is 0.455. The summed E-state index contributed by atoms with van der Waals surface area (Å²) in [5, 5.41) is 5.07. The van der Waals surface area contributed by atoms with Crippen LogP contribution in [0.15, 0.2) is 18.5 Å². The minimum absolute atomic E-state index is 0.0408. The molecule has 0 spiro atoms. The number of pyridine rings is 1. The van der Waals surface area contributed by atoms with E-state index >= 15 is 0 Å². The lowest BCUT2D eigenvalue weighted by Gasteiger charge is -2.22. The summed E-state index contributed by atoms with van der Waals surface area (Å²) in [5.74, 6) is 0. The van der Waals surface area contributed by atoms with Gasteiger partial charge in [0.15, 0.2) is 0 Å². The quantitative estimate of drug-likeness (QED) is 0.766. The molecule has 0 N–H and O–H groups in total. The molecule has 0 bridgehead atoms. The van der Waals surface area contributed by atoms with E-state index in [1.807, 2.05) is 10.9 Å². The van der Waals surface area contributed by atoms with Gasteiger partial charge in [-0.2, -0.15) is 5.10 Å². The Balaban J connectivity index is 2.01. The SMILES string of the molecule is Clc1ccnc2cn(C3CCCCO3)nc12. The normalized spacial score (nSPS) is 21.4. The van der Waals surface area contributed by atoms with Crippen LogP contribution in [-0.4, -0.2) is 21.4 Å². The Morgan fingerprint density at radius 1 is 1.44 bits per heavy atom. The van der Waals surface area contributed by atoms with Gasteiger partial charge in [0.1, 0.15) is 17.3 Å². The van der Waals surface area contributed by atoms with Gasteiger partial charge in [-0.25, -0.2) is 4.68 Å². The van der Waals surface area contributed by atoms with E-state index < -0.39 is 0 Å². The maximum absolute atomic E-state index is 6.05. The second-order valence-corrected chi connectivity index (χ2v) is 4.36. The number of hydrogen-bond donors (Lipinski definition) is 0. The molecule has 1 atom stereocenters. The summed E-state index contributed by atoms with van der Waals surface area (Å²) in [6.07, 6.45) is 6.96. The lowest BCUT2D eigenvalue weighted by atomic mass is 10.2. The highest BCUT2D eigenvalue weighted by atomic mass is 35.5. The Hall–Kier alpha value is -1.13. The molecule has 0 radical (unpaired) electrons. The van der Waals surface area contributed by atoms with Crippen molar-refractivity contribution in [3.63, 3.8) is 0 Å². The van der Waals surface area contributed by atoms with E-state index in [1.165, 1.54) is 6.42 Å². The van der Waals surface area contributed by atoms with Gasteiger partial charge in [0.05, 0.1) is 11.2 Å². The average Bonchev–Trinajstić information content (AvgIpc) is 2.76. The first-order valence-electron chi connectivity index (χ1n) is 5.45. The van der Waals surface area contributed by atoms with Crippen LogP contribution in [0, 0.1) is 0 Å². The number of hydrogen-bond acceptors (Lipinski definition) is 3. The lowest BCUT2D eigenvalue weighted by Crippen LogP contribution is -2.18. The molecule has 1 unspecified atom stereocenters. The molecule has 5 heteroatoms. The van der Waals surface area contributed by atoms with Crippen LogP contribution in [0.4, 0.5) is 0 Å². The molecule has 84 valence electrons. The third-order valence-corrected chi connectivity index (χ3v) is 3.13. The molecular formula is C11H12ClN3O. The molecule has 1 aliphatic heterocycles. The number of nitrogens with zero attached hydrogens (tertiary/aromatic N) is 3. The molecule has 2 aromatic rings. The minimum atomic E-state index is 0.0408. The number of ether oxygens (including phenoxy) is 1. The molecule has 1 fully saturated rings. The van der Waals surface area contributed by atoms with Gasteiger partial charge in [0.2, 0.25) is 0 Å². The van der Waals surface area contributed by atoms with Crippen molar-refractivity contribution >= 4 is 22.6 Å². The van der Waals surface area contributed by atoms with Gasteiger partial charge in [-0.05, 0) is 25.3 Å². The average molecular weight is 238 g/mol. The Morgan fingerprint density at radius 3 is 3.12 bits per heavy atom. The maximum Gasteiger partial charge on any atom is 0.150 e. The first kappa shape index (κ1) is 10.1. The van der Waals surface area contributed by atoms with Gasteiger partial charge in [-0.15, -0.1) is 0 Å². The standard InChI is InChI=1S/C11H12ClN3O/c12-8-4-5-13-9-7-15(14-11(8)9)10-3-1-2-6-16-10/h4-5,7,10H,1-3,6H2. The molecule has 0 saturated carbocycles. The van der Waals surface area contributed by atoms with E-state index in [4.69, 9.17) is 16.3 Å². The number of rotatable bonds is 1. The van der Waals surface area contributed by atoms with E-state index in [2.05, 4.69) is 10.1 Å². The molecule has 4 nitrogen and oxygen atoms in total. The van der Waals surface area contributed by atoms with Crippen LogP contribution in [0.1, 0.15) is 25.5 Å². The summed E-state index contributed by atoms with van der Waals surface area (Å²) in [4.78, 5) is 4.23. The molecule has 0 aliphatic carbocycles. The highest BCUT2D eigenvalue weighted by Gasteiger charge is 2.17. The van der Waals surface area contributed by atoms with Crippen LogP contribution in [-0.2, 0) is 4.74 Å². The van der Waals surface area contributed by atoms with Crippen molar-refractivity contribution in [2.45, 2.75) is 25.5 Å². The minimum Gasteiger partial charge on any atom is -0.357 e. The highest BCUT2D eigenvalue weighted by molar-refractivity contribution is 6.34. The molecule has 3 rings (SSSR count). The first-order chi connectivity index (χ1) is 7.84. The first-order valence-corrected chi connectivity index (χ1v) is 5.83. The van der Waals surface area contributed by atoms with Gasteiger partial charge in [0, 0.05) is 12.8 Å². The number of halogens is 1. The van der Waals surface area contributed by atoms with Gasteiger partial charge < -0.3 is 4.74 Å². The predicted octanol–water partition coefficient (Wildman–Crippen LogP) is 2.78. The van der Waals surface area contributed by atoms with Crippen LogP contribution in [0.25, 0.3) is 11.0 Å². The summed E-state index contributed by atoms with van der Waals surface area (Å²) >= 11 is 6.05. The van der Waals surface area contributed by atoms with Crippen molar-refractivity contribution in [2.24, 2.45) is 0 Å². The Morgan fingerprint density at radius 2 is 2.38 bits per heavy atom. The van der Waals surface area contributed by atoms with Gasteiger partial charge in [-0.1, -0.05) is 11.6 Å². The van der Waals surface area contributed by atoms with E-state index in [1.54, 1.807) is 12.3 Å². The Bertz CT molecular complexity index is 505. The van der Waals surface area contributed by atoms with Crippen molar-refractivity contribution in [3.05, 3.63) is 23.5 Å².